The van der Waals surface area contributed by atoms with E-state index in [4.69, 9.17) is 4.52 Å². The van der Waals surface area contributed by atoms with Crippen LogP contribution < -0.4 is 0 Å². The third kappa shape index (κ3) is 4.06. The summed E-state index contributed by atoms with van der Waals surface area (Å²) in [5.41, 5.74) is -0.513. The summed E-state index contributed by atoms with van der Waals surface area (Å²) >= 11 is 0. The first-order chi connectivity index (χ1) is 12.8. The number of carbonyl (C=O) groups excluding carboxylic acids is 2. The summed E-state index contributed by atoms with van der Waals surface area (Å²) in [7, 11) is 0. The van der Waals surface area contributed by atoms with Crippen molar-refractivity contribution in [3.8, 4) is 0 Å². The second-order valence-electron chi connectivity index (χ2n) is 8.34. The Labute approximate surface area is 160 Å². The number of nitrogens with zero attached hydrogens (tertiary/aromatic N) is 4. The van der Waals surface area contributed by atoms with Crippen molar-refractivity contribution in [3.63, 3.8) is 0 Å². The van der Waals surface area contributed by atoms with Gasteiger partial charge >= 0.3 is 0 Å². The number of hydrogen-bond acceptors (Lipinski definition) is 5. The van der Waals surface area contributed by atoms with E-state index in [0.29, 0.717) is 32.1 Å². The van der Waals surface area contributed by atoms with E-state index in [1.54, 1.807) is 4.90 Å². The summed E-state index contributed by atoms with van der Waals surface area (Å²) in [5, 5.41) is 4.13. The first-order valence-electron chi connectivity index (χ1n) is 9.88. The zero-order valence-electron chi connectivity index (χ0n) is 16.6. The van der Waals surface area contributed by atoms with Gasteiger partial charge in [0.15, 0.2) is 5.82 Å². The summed E-state index contributed by atoms with van der Waals surface area (Å²) in [5.74, 6) is 1.95. The Morgan fingerprint density at radius 2 is 1.96 bits per heavy atom. The van der Waals surface area contributed by atoms with E-state index in [-0.39, 0.29) is 23.7 Å². The van der Waals surface area contributed by atoms with Gasteiger partial charge in [0.25, 0.3) is 0 Å². The highest BCUT2D eigenvalue weighted by Gasteiger charge is 2.42. The molecular formula is C20H30N4O3. The number of piperidine rings is 2. The number of rotatable bonds is 4. The summed E-state index contributed by atoms with van der Waals surface area (Å²) in [6.07, 6.45) is 4.68. The molecule has 148 valence electrons. The summed E-state index contributed by atoms with van der Waals surface area (Å²) < 4.78 is 5.32. The topological polar surface area (TPSA) is 79.5 Å². The number of amides is 2. The molecule has 0 saturated carbocycles. The maximum Gasteiger partial charge on any atom is 0.245 e. The van der Waals surface area contributed by atoms with Crippen molar-refractivity contribution in [1.82, 2.24) is 19.9 Å². The summed E-state index contributed by atoms with van der Waals surface area (Å²) in [6.45, 7) is 12.2. The van der Waals surface area contributed by atoms with Crippen molar-refractivity contribution < 1.29 is 14.1 Å². The molecule has 2 amide bonds. The zero-order chi connectivity index (χ0) is 19.6. The van der Waals surface area contributed by atoms with Crippen LogP contribution in [0, 0.1) is 5.41 Å². The van der Waals surface area contributed by atoms with Gasteiger partial charge in [0, 0.05) is 38.0 Å². The molecule has 2 aliphatic rings. The van der Waals surface area contributed by atoms with Gasteiger partial charge in [0.1, 0.15) is 0 Å². The molecule has 7 nitrogen and oxygen atoms in total. The average molecular weight is 374 g/mol. The van der Waals surface area contributed by atoms with E-state index in [0.717, 1.165) is 31.5 Å². The standard InChI is InChI=1S/C20H30N4O3/c1-5-16(25)24-10-6-9-20(4,13-24)19(26)23-11-7-15(8-12-23)17-21-18(14(2)3)27-22-17/h5,14-15H,1,6-13H2,2-4H3. The predicted molar refractivity (Wildman–Crippen MR) is 101 cm³/mol. The van der Waals surface area contributed by atoms with E-state index in [1.807, 2.05) is 25.7 Å². The van der Waals surface area contributed by atoms with Crippen molar-refractivity contribution in [2.45, 2.75) is 58.3 Å². The second-order valence-corrected chi connectivity index (χ2v) is 8.34. The van der Waals surface area contributed by atoms with Gasteiger partial charge in [0.2, 0.25) is 17.7 Å². The first kappa shape index (κ1) is 19.6. The highest BCUT2D eigenvalue weighted by molar-refractivity contribution is 5.89. The van der Waals surface area contributed by atoms with E-state index < -0.39 is 5.41 Å². The third-order valence-electron chi connectivity index (χ3n) is 5.80. The summed E-state index contributed by atoms with van der Waals surface area (Å²) in [4.78, 5) is 33.3. The Morgan fingerprint density at radius 3 is 2.56 bits per heavy atom. The zero-order valence-corrected chi connectivity index (χ0v) is 16.6. The molecule has 2 saturated heterocycles. The van der Waals surface area contributed by atoms with Crippen LogP contribution in [0.2, 0.25) is 0 Å². The van der Waals surface area contributed by atoms with Gasteiger partial charge in [-0.25, -0.2) is 0 Å². The molecule has 0 aromatic carbocycles. The average Bonchev–Trinajstić information content (AvgIpc) is 3.17. The fourth-order valence-corrected chi connectivity index (χ4v) is 4.10. The first-order valence-corrected chi connectivity index (χ1v) is 9.88. The van der Waals surface area contributed by atoms with Crippen LogP contribution in [0.25, 0.3) is 0 Å². The Morgan fingerprint density at radius 1 is 1.26 bits per heavy atom. The molecule has 27 heavy (non-hydrogen) atoms. The highest BCUT2D eigenvalue weighted by Crippen LogP contribution is 2.34. The molecule has 1 unspecified atom stereocenters. The van der Waals surface area contributed by atoms with Gasteiger partial charge in [-0.2, -0.15) is 4.98 Å². The van der Waals surface area contributed by atoms with E-state index in [9.17, 15) is 9.59 Å². The molecule has 1 aromatic rings. The number of carbonyl (C=O) groups is 2. The van der Waals surface area contributed by atoms with E-state index in [1.165, 1.54) is 6.08 Å². The number of likely N-dealkylation sites (tertiary alicyclic amines) is 2. The van der Waals surface area contributed by atoms with Crippen LogP contribution in [0.5, 0.6) is 0 Å². The van der Waals surface area contributed by atoms with Crippen molar-refractivity contribution in [2.24, 2.45) is 5.41 Å². The van der Waals surface area contributed by atoms with Gasteiger partial charge in [-0.3, -0.25) is 9.59 Å². The monoisotopic (exact) mass is 374 g/mol. The predicted octanol–water partition coefficient (Wildman–Crippen LogP) is 2.71. The minimum Gasteiger partial charge on any atom is -0.342 e. The lowest BCUT2D eigenvalue weighted by Crippen LogP contribution is -2.54. The summed E-state index contributed by atoms with van der Waals surface area (Å²) in [6, 6.07) is 0. The molecule has 3 rings (SSSR count). The van der Waals surface area contributed by atoms with Crippen molar-refractivity contribution in [2.75, 3.05) is 26.2 Å². The molecule has 2 fully saturated rings. The number of aromatic nitrogens is 2. The van der Waals surface area contributed by atoms with Gasteiger partial charge in [-0.1, -0.05) is 25.6 Å². The maximum atomic E-state index is 13.2. The molecule has 0 bridgehead atoms. The van der Waals surface area contributed by atoms with Crippen molar-refractivity contribution in [3.05, 3.63) is 24.4 Å². The Bertz CT molecular complexity index is 706. The molecule has 0 radical (unpaired) electrons. The lowest BCUT2D eigenvalue weighted by molar-refractivity contribution is -0.147. The largest absolute Gasteiger partial charge is 0.342 e. The molecule has 2 aliphatic heterocycles. The lowest BCUT2D eigenvalue weighted by atomic mass is 9.79. The molecule has 3 heterocycles. The van der Waals surface area contributed by atoms with Crippen LogP contribution >= 0.6 is 0 Å². The van der Waals surface area contributed by atoms with Gasteiger partial charge < -0.3 is 14.3 Å². The highest BCUT2D eigenvalue weighted by atomic mass is 16.5. The third-order valence-corrected chi connectivity index (χ3v) is 5.80. The fraction of sp³-hybridized carbons (Fsp3) is 0.700. The molecule has 1 atom stereocenters. The minimum absolute atomic E-state index is 0.0921. The Balaban J connectivity index is 1.60. The van der Waals surface area contributed by atoms with Crippen LogP contribution in [0.4, 0.5) is 0 Å². The van der Waals surface area contributed by atoms with Crippen LogP contribution in [0.1, 0.15) is 70.0 Å². The van der Waals surface area contributed by atoms with E-state index in [2.05, 4.69) is 16.7 Å². The molecule has 1 aromatic heterocycles. The van der Waals surface area contributed by atoms with E-state index >= 15 is 0 Å². The number of hydrogen-bond donors (Lipinski definition) is 0. The SMILES string of the molecule is C=CC(=O)N1CCCC(C)(C(=O)N2CCC(c3noc(C(C)C)n3)CC2)C1. The smallest absolute Gasteiger partial charge is 0.245 e. The van der Waals surface area contributed by atoms with Crippen molar-refractivity contribution >= 4 is 11.8 Å². The molecule has 0 aliphatic carbocycles. The van der Waals surface area contributed by atoms with Crippen LogP contribution in [-0.2, 0) is 9.59 Å². The van der Waals surface area contributed by atoms with Gasteiger partial charge in [0.05, 0.1) is 5.41 Å². The molecular weight excluding hydrogens is 344 g/mol. The minimum atomic E-state index is -0.513. The van der Waals surface area contributed by atoms with Crippen LogP contribution in [-0.4, -0.2) is 57.9 Å². The second kappa shape index (κ2) is 7.82. The molecule has 7 heteroatoms. The van der Waals surface area contributed by atoms with Crippen molar-refractivity contribution in [1.29, 1.82) is 0 Å². The fourth-order valence-electron chi connectivity index (χ4n) is 4.10. The molecule has 0 spiro atoms. The van der Waals surface area contributed by atoms with Crippen LogP contribution in [0.3, 0.4) is 0 Å². The normalized spacial score (nSPS) is 24.3. The van der Waals surface area contributed by atoms with Gasteiger partial charge in [-0.15, -0.1) is 0 Å². The van der Waals surface area contributed by atoms with Crippen LogP contribution in [0.15, 0.2) is 17.2 Å². The quantitative estimate of drug-likeness (QED) is 0.757. The molecule has 0 N–H and O–H groups in total. The Hall–Kier alpha value is -2.18. The van der Waals surface area contributed by atoms with Gasteiger partial charge in [-0.05, 0) is 38.7 Å². The maximum absolute atomic E-state index is 13.2. The lowest BCUT2D eigenvalue weighted by Gasteiger charge is -2.43. The Kier molecular flexibility index (Phi) is 5.67.